The van der Waals surface area contributed by atoms with Crippen molar-refractivity contribution in [3.8, 4) is 0 Å². The third-order valence-electron chi connectivity index (χ3n) is 3.53. The number of hydrogen-bond donors (Lipinski definition) is 2. The van der Waals surface area contributed by atoms with Gasteiger partial charge in [-0.25, -0.2) is 4.39 Å². The van der Waals surface area contributed by atoms with Gasteiger partial charge in [-0.1, -0.05) is 6.07 Å². The fourth-order valence-electron chi connectivity index (χ4n) is 2.45. The number of nitrogens with zero attached hydrogens (tertiary/aromatic N) is 1. The molecule has 0 radical (unpaired) electrons. The molecule has 0 saturated carbocycles. The number of benzene rings is 1. The van der Waals surface area contributed by atoms with Gasteiger partial charge in [0.1, 0.15) is 0 Å². The first-order valence-corrected chi connectivity index (χ1v) is 6.99. The Morgan fingerprint density at radius 2 is 2.28 bits per heavy atom. The normalized spacial score (nSPS) is 19.6. The second kappa shape index (κ2) is 5.99. The number of hydrogen-bond acceptors (Lipinski definition) is 3. The Balaban J connectivity index is 2.17. The van der Waals surface area contributed by atoms with Crippen LogP contribution in [0.3, 0.4) is 0 Å². The summed E-state index contributed by atoms with van der Waals surface area (Å²) in [7, 11) is 0. The van der Waals surface area contributed by atoms with Gasteiger partial charge in [0.2, 0.25) is 0 Å². The summed E-state index contributed by atoms with van der Waals surface area (Å²) in [5.74, 6) is 0.227. The van der Waals surface area contributed by atoms with Crippen LogP contribution in [0.1, 0.15) is 18.4 Å². The summed E-state index contributed by atoms with van der Waals surface area (Å²) < 4.78 is 14.7. The van der Waals surface area contributed by atoms with Crippen LogP contribution in [0.4, 0.5) is 10.1 Å². The third kappa shape index (κ3) is 2.68. The van der Waals surface area contributed by atoms with Crippen LogP contribution in [0.15, 0.2) is 16.6 Å². The van der Waals surface area contributed by atoms with Gasteiger partial charge in [0.15, 0.2) is 5.82 Å². The Morgan fingerprint density at radius 1 is 1.50 bits per heavy atom. The zero-order valence-electron chi connectivity index (χ0n) is 10.2. The molecule has 1 heterocycles. The second-order valence-electron chi connectivity index (χ2n) is 4.69. The quantitative estimate of drug-likeness (QED) is 0.895. The molecule has 0 spiro atoms. The zero-order chi connectivity index (χ0) is 13.1. The molecule has 18 heavy (non-hydrogen) atoms. The fraction of sp³-hybridized carbons (Fsp3) is 0.538. The minimum absolute atomic E-state index is 0.205. The summed E-state index contributed by atoms with van der Waals surface area (Å²) in [6.45, 7) is 2.18. The smallest absolute Gasteiger partial charge is 0.160 e. The van der Waals surface area contributed by atoms with Crippen molar-refractivity contribution >= 4 is 21.6 Å². The van der Waals surface area contributed by atoms with Crippen molar-refractivity contribution in [1.82, 2.24) is 0 Å². The maximum Gasteiger partial charge on any atom is 0.160 e. The molecule has 1 atom stereocenters. The first-order valence-electron chi connectivity index (χ1n) is 6.20. The van der Waals surface area contributed by atoms with E-state index in [9.17, 15) is 4.39 Å². The maximum absolute atomic E-state index is 14.2. The molecule has 3 N–H and O–H groups in total. The molecule has 0 aliphatic carbocycles. The molecule has 2 rings (SSSR count). The summed E-state index contributed by atoms with van der Waals surface area (Å²) in [4.78, 5) is 2.04. The average molecular weight is 317 g/mol. The van der Waals surface area contributed by atoms with Gasteiger partial charge in [0.05, 0.1) is 10.2 Å². The lowest BCUT2D eigenvalue weighted by Crippen LogP contribution is -2.21. The van der Waals surface area contributed by atoms with Crippen LogP contribution < -0.4 is 10.6 Å². The first-order chi connectivity index (χ1) is 8.67. The van der Waals surface area contributed by atoms with Crippen molar-refractivity contribution in [2.24, 2.45) is 11.7 Å². The molecular weight excluding hydrogens is 299 g/mol. The van der Waals surface area contributed by atoms with Crippen LogP contribution in [0.5, 0.6) is 0 Å². The van der Waals surface area contributed by atoms with E-state index in [-0.39, 0.29) is 12.4 Å². The summed E-state index contributed by atoms with van der Waals surface area (Å²) in [6, 6.07) is 3.66. The highest BCUT2D eigenvalue weighted by atomic mass is 79.9. The molecule has 3 nitrogen and oxygen atoms in total. The highest BCUT2D eigenvalue weighted by Gasteiger charge is 2.25. The highest BCUT2D eigenvalue weighted by molar-refractivity contribution is 9.10. The summed E-state index contributed by atoms with van der Waals surface area (Å²) in [5.41, 5.74) is 6.95. The van der Waals surface area contributed by atoms with Crippen molar-refractivity contribution in [2.75, 3.05) is 24.6 Å². The molecular formula is C13H18BrFN2O. The molecule has 1 aliphatic heterocycles. The van der Waals surface area contributed by atoms with Gasteiger partial charge >= 0.3 is 0 Å². The van der Waals surface area contributed by atoms with E-state index < -0.39 is 0 Å². The molecule has 1 unspecified atom stereocenters. The molecule has 0 bridgehead atoms. The maximum atomic E-state index is 14.2. The van der Waals surface area contributed by atoms with Crippen molar-refractivity contribution in [1.29, 1.82) is 0 Å². The Labute approximate surface area is 115 Å². The standard InChI is InChI=1S/C13H18BrFN2O/c14-12-10(7-16)1-2-11(13(12)15)17-5-3-9(8-17)4-6-18/h1-2,9,18H,3-8,16H2. The molecule has 1 aromatic carbocycles. The number of nitrogens with two attached hydrogens (primary N) is 1. The van der Waals surface area contributed by atoms with E-state index >= 15 is 0 Å². The number of aliphatic hydroxyl groups is 1. The SMILES string of the molecule is NCc1ccc(N2CCC(CCO)C2)c(F)c1Br. The van der Waals surface area contributed by atoms with Gasteiger partial charge in [0.25, 0.3) is 0 Å². The lowest BCUT2D eigenvalue weighted by atomic mass is 10.1. The van der Waals surface area contributed by atoms with Crippen molar-refractivity contribution in [3.63, 3.8) is 0 Å². The number of rotatable bonds is 4. The second-order valence-corrected chi connectivity index (χ2v) is 5.48. The highest BCUT2D eigenvalue weighted by Crippen LogP contribution is 2.32. The fourth-order valence-corrected chi connectivity index (χ4v) is 2.95. The van der Waals surface area contributed by atoms with Gasteiger partial charge in [-0.05, 0) is 46.3 Å². The van der Waals surface area contributed by atoms with E-state index in [1.54, 1.807) is 6.07 Å². The average Bonchev–Trinajstić information content (AvgIpc) is 2.81. The molecule has 5 heteroatoms. The van der Waals surface area contributed by atoms with Gasteiger partial charge in [-0.15, -0.1) is 0 Å². The number of aliphatic hydroxyl groups excluding tert-OH is 1. The van der Waals surface area contributed by atoms with Gasteiger partial charge in [-0.3, -0.25) is 0 Å². The van der Waals surface area contributed by atoms with Crippen LogP contribution in [-0.4, -0.2) is 24.8 Å². The van der Waals surface area contributed by atoms with Gasteiger partial charge in [0, 0.05) is 26.2 Å². The predicted octanol–water partition coefficient (Wildman–Crippen LogP) is 2.26. The first kappa shape index (κ1) is 13.8. The van der Waals surface area contributed by atoms with E-state index in [0.717, 1.165) is 31.5 Å². The topological polar surface area (TPSA) is 49.5 Å². The van der Waals surface area contributed by atoms with E-state index in [4.69, 9.17) is 10.8 Å². The van der Waals surface area contributed by atoms with Crippen molar-refractivity contribution in [2.45, 2.75) is 19.4 Å². The van der Waals surface area contributed by atoms with Crippen LogP contribution in [-0.2, 0) is 6.54 Å². The molecule has 100 valence electrons. The minimum Gasteiger partial charge on any atom is -0.396 e. The monoisotopic (exact) mass is 316 g/mol. The van der Waals surface area contributed by atoms with E-state index in [2.05, 4.69) is 15.9 Å². The van der Waals surface area contributed by atoms with Crippen LogP contribution in [0, 0.1) is 11.7 Å². The lowest BCUT2D eigenvalue weighted by molar-refractivity contribution is 0.263. The number of anilines is 1. The Kier molecular flexibility index (Phi) is 4.59. The lowest BCUT2D eigenvalue weighted by Gasteiger charge is -2.20. The molecule has 1 saturated heterocycles. The Hall–Kier alpha value is -0.650. The molecule has 1 aliphatic rings. The summed E-state index contributed by atoms with van der Waals surface area (Å²) >= 11 is 3.26. The predicted molar refractivity (Wildman–Crippen MR) is 74.0 cm³/mol. The summed E-state index contributed by atoms with van der Waals surface area (Å²) in [6.07, 6.45) is 1.80. The van der Waals surface area contributed by atoms with Gasteiger partial charge in [-0.2, -0.15) is 0 Å². The molecule has 1 aromatic rings. The largest absolute Gasteiger partial charge is 0.396 e. The molecule has 1 fully saturated rings. The number of halogens is 2. The van der Waals surface area contributed by atoms with E-state index in [0.29, 0.717) is 22.6 Å². The molecule has 0 aromatic heterocycles. The van der Waals surface area contributed by atoms with E-state index in [1.807, 2.05) is 11.0 Å². The van der Waals surface area contributed by atoms with Crippen LogP contribution in [0.2, 0.25) is 0 Å². The Bertz CT molecular complexity index is 428. The minimum atomic E-state index is -0.234. The third-order valence-corrected chi connectivity index (χ3v) is 4.38. The zero-order valence-corrected chi connectivity index (χ0v) is 11.8. The Morgan fingerprint density at radius 3 is 2.94 bits per heavy atom. The van der Waals surface area contributed by atoms with Crippen molar-refractivity contribution in [3.05, 3.63) is 28.0 Å². The van der Waals surface area contributed by atoms with Crippen molar-refractivity contribution < 1.29 is 9.50 Å². The van der Waals surface area contributed by atoms with Gasteiger partial charge < -0.3 is 15.7 Å². The van der Waals surface area contributed by atoms with Crippen LogP contribution >= 0.6 is 15.9 Å². The molecule has 0 amide bonds. The van der Waals surface area contributed by atoms with E-state index in [1.165, 1.54) is 0 Å². The summed E-state index contributed by atoms with van der Waals surface area (Å²) in [5, 5.41) is 8.94. The van der Waals surface area contributed by atoms with Crippen LogP contribution in [0.25, 0.3) is 0 Å².